The van der Waals surface area contributed by atoms with Gasteiger partial charge in [-0.2, -0.15) is 0 Å². The Morgan fingerprint density at radius 3 is 2.70 bits per heavy atom. The van der Waals surface area contributed by atoms with Crippen molar-refractivity contribution in [1.82, 2.24) is 9.55 Å². The summed E-state index contributed by atoms with van der Waals surface area (Å²) >= 11 is 0. The van der Waals surface area contributed by atoms with Crippen molar-refractivity contribution >= 4 is 5.97 Å². The van der Waals surface area contributed by atoms with Crippen LogP contribution in [0.3, 0.4) is 0 Å². The number of hydrogen-bond donors (Lipinski definition) is 1. The Morgan fingerprint density at radius 1 is 1.45 bits per heavy atom. The lowest BCUT2D eigenvalue weighted by Crippen LogP contribution is -2.23. The average Bonchev–Trinajstić information content (AvgIpc) is 2.74. The van der Waals surface area contributed by atoms with Crippen LogP contribution in [0.5, 0.6) is 6.01 Å². The van der Waals surface area contributed by atoms with E-state index in [1.165, 1.54) is 23.8 Å². The second kappa shape index (κ2) is 5.20. The molecule has 1 N–H and O–H groups in total. The molecule has 0 fully saturated rings. The summed E-state index contributed by atoms with van der Waals surface area (Å²) in [7, 11) is 1.42. The molecule has 2 aromatic heterocycles. The smallest absolute Gasteiger partial charge is 0.371 e. The molecular weight excluding hydrogens is 264 g/mol. The molecule has 0 atom stereocenters. The van der Waals surface area contributed by atoms with Gasteiger partial charge < -0.3 is 14.3 Å². The molecule has 0 aliphatic heterocycles. The second-order valence-electron chi connectivity index (χ2n) is 4.31. The predicted octanol–water partition coefficient (Wildman–Crippen LogP) is 1.21. The molecule has 0 aliphatic carbocycles. The van der Waals surface area contributed by atoms with Crippen molar-refractivity contribution in [2.45, 2.75) is 20.4 Å². The Labute approximate surface area is 114 Å². The lowest BCUT2D eigenvalue weighted by atomic mass is 10.2. The maximum absolute atomic E-state index is 12.0. The van der Waals surface area contributed by atoms with Gasteiger partial charge in [0.05, 0.1) is 13.7 Å². The first-order valence-electron chi connectivity index (χ1n) is 5.87. The number of nitrogens with zero attached hydrogens (tertiary/aromatic N) is 2. The number of rotatable bonds is 4. The molecular formula is C13H14N2O5. The van der Waals surface area contributed by atoms with Crippen molar-refractivity contribution in [3.63, 3.8) is 0 Å². The van der Waals surface area contributed by atoms with Crippen molar-refractivity contribution in [1.29, 1.82) is 0 Å². The van der Waals surface area contributed by atoms with Crippen LogP contribution < -0.4 is 10.3 Å². The summed E-state index contributed by atoms with van der Waals surface area (Å²) < 4.78 is 11.5. The largest absolute Gasteiger partial charge is 0.475 e. The molecule has 0 bridgehead atoms. The van der Waals surface area contributed by atoms with E-state index in [2.05, 4.69) is 4.98 Å². The van der Waals surface area contributed by atoms with E-state index in [0.717, 1.165) is 0 Å². The number of carbonyl (C=O) groups is 1. The number of methoxy groups -OCH3 is 1. The number of carboxylic acid groups (broad SMARTS) is 1. The third-order valence-electron chi connectivity index (χ3n) is 2.84. The molecule has 0 amide bonds. The fourth-order valence-corrected chi connectivity index (χ4v) is 1.85. The van der Waals surface area contributed by atoms with Gasteiger partial charge in [-0.05, 0) is 19.9 Å². The molecule has 7 nitrogen and oxygen atoms in total. The first kappa shape index (κ1) is 13.9. The van der Waals surface area contributed by atoms with Gasteiger partial charge in [0.25, 0.3) is 11.6 Å². The highest BCUT2D eigenvalue weighted by Crippen LogP contribution is 2.17. The van der Waals surface area contributed by atoms with E-state index in [4.69, 9.17) is 14.3 Å². The van der Waals surface area contributed by atoms with Gasteiger partial charge in [0.1, 0.15) is 5.76 Å². The molecule has 0 aliphatic rings. The quantitative estimate of drug-likeness (QED) is 0.903. The summed E-state index contributed by atoms with van der Waals surface area (Å²) in [5, 5.41) is 8.88. The van der Waals surface area contributed by atoms with Gasteiger partial charge in [0.2, 0.25) is 5.76 Å². The molecule has 0 saturated carbocycles. The number of hydrogen-bond acceptors (Lipinski definition) is 5. The minimum atomic E-state index is -1.15. The van der Waals surface area contributed by atoms with Crippen LogP contribution in [-0.4, -0.2) is 27.7 Å². The van der Waals surface area contributed by atoms with Crippen LogP contribution in [0.2, 0.25) is 0 Å². The number of carboxylic acids is 1. The van der Waals surface area contributed by atoms with Gasteiger partial charge in [0.15, 0.2) is 0 Å². The summed E-state index contributed by atoms with van der Waals surface area (Å²) in [6, 6.07) is 2.95. The minimum Gasteiger partial charge on any atom is -0.475 e. The van der Waals surface area contributed by atoms with Crippen molar-refractivity contribution in [2.24, 2.45) is 0 Å². The molecule has 2 aromatic rings. The van der Waals surface area contributed by atoms with E-state index in [1.807, 2.05) is 0 Å². The number of aromatic nitrogens is 2. The summed E-state index contributed by atoms with van der Waals surface area (Å²) in [4.78, 5) is 26.9. The molecule has 7 heteroatoms. The monoisotopic (exact) mass is 278 g/mol. The van der Waals surface area contributed by atoms with Crippen LogP contribution in [0.15, 0.2) is 21.3 Å². The van der Waals surface area contributed by atoms with E-state index in [0.29, 0.717) is 17.0 Å². The molecule has 2 rings (SSSR count). The Hall–Kier alpha value is -2.57. The fourth-order valence-electron chi connectivity index (χ4n) is 1.85. The van der Waals surface area contributed by atoms with Gasteiger partial charge >= 0.3 is 5.97 Å². The van der Waals surface area contributed by atoms with Crippen LogP contribution in [0.1, 0.15) is 27.6 Å². The number of aromatic carboxylic acids is 1. The molecule has 0 spiro atoms. The number of ether oxygens (including phenoxy) is 1. The lowest BCUT2D eigenvalue weighted by Gasteiger charge is -2.10. The highest BCUT2D eigenvalue weighted by atomic mass is 16.5. The Kier molecular flexibility index (Phi) is 3.60. The van der Waals surface area contributed by atoms with E-state index in [1.54, 1.807) is 13.8 Å². The zero-order valence-electron chi connectivity index (χ0n) is 11.3. The van der Waals surface area contributed by atoms with Crippen molar-refractivity contribution < 1.29 is 19.1 Å². The first-order chi connectivity index (χ1) is 9.42. The Balaban J connectivity index is 2.45. The zero-order valence-corrected chi connectivity index (χ0v) is 11.3. The summed E-state index contributed by atoms with van der Waals surface area (Å²) in [5.74, 6) is -0.873. The molecule has 0 aromatic carbocycles. The van der Waals surface area contributed by atoms with E-state index >= 15 is 0 Å². The van der Waals surface area contributed by atoms with Crippen molar-refractivity contribution in [3.05, 3.63) is 45.3 Å². The maximum atomic E-state index is 12.0. The third kappa shape index (κ3) is 2.56. The molecule has 0 saturated heterocycles. The summed E-state index contributed by atoms with van der Waals surface area (Å²) in [5.41, 5.74) is 0.874. The Morgan fingerprint density at radius 2 is 2.15 bits per heavy atom. The molecule has 106 valence electrons. The lowest BCUT2D eigenvalue weighted by molar-refractivity contribution is 0.0661. The first-order valence-corrected chi connectivity index (χ1v) is 5.87. The summed E-state index contributed by atoms with van der Waals surface area (Å²) in [6.07, 6.45) is 0. The fraction of sp³-hybridized carbons (Fsp3) is 0.308. The topological polar surface area (TPSA) is 94.6 Å². The van der Waals surface area contributed by atoms with Crippen LogP contribution in [0.4, 0.5) is 0 Å². The third-order valence-corrected chi connectivity index (χ3v) is 2.84. The predicted molar refractivity (Wildman–Crippen MR) is 69.3 cm³/mol. The normalized spacial score (nSPS) is 10.6. The van der Waals surface area contributed by atoms with E-state index in [-0.39, 0.29) is 23.9 Å². The van der Waals surface area contributed by atoms with Crippen LogP contribution in [0.25, 0.3) is 0 Å². The SMILES string of the molecule is COc1nc(C)cc(=O)n1Cc1cc(C(=O)O)oc1C. The van der Waals surface area contributed by atoms with E-state index in [9.17, 15) is 9.59 Å². The number of furan rings is 1. The van der Waals surface area contributed by atoms with E-state index < -0.39 is 5.97 Å². The standard InChI is InChI=1S/C13H14N2O5/c1-7-4-11(16)15(13(14-7)19-3)6-9-5-10(12(17)18)20-8(9)2/h4-5H,6H2,1-3H3,(H,17,18). The molecule has 2 heterocycles. The average molecular weight is 278 g/mol. The van der Waals surface area contributed by atoms with Crippen LogP contribution in [0, 0.1) is 13.8 Å². The minimum absolute atomic E-state index is 0.137. The van der Waals surface area contributed by atoms with Crippen LogP contribution >= 0.6 is 0 Å². The summed E-state index contributed by atoms with van der Waals surface area (Å²) in [6.45, 7) is 3.47. The highest BCUT2D eigenvalue weighted by molar-refractivity contribution is 5.84. The Bertz CT molecular complexity index is 714. The number of aryl methyl sites for hydroxylation is 2. The zero-order chi connectivity index (χ0) is 14.9. The second-order valence-corrected chi connectivity index (χ2v) is 4.31. The molecule has 0 unspecified atom stereocenters. The van der Waals surface area contributed by atoms with Crippen molar-refractivity contribution in [2.75, 3.05) is 7.11 Å². The van der Waals surface area contributed by atoms with Gasteiger partial charge in [-0.3, -0.25) is 9.36 Å². The van der Waals surface area contributed by atoms with Gasteiger partial charge in [-0.25, -0.2) is 9.78 Å². The molecule has 20 heavy (non-hydrogen) atoms. The van der Waals surface area contributed by atoms with Crippen LogP contribution in [-0.2, 0) is 6.54 Å². The highest BCUT2D eigenvalue weighted by Gasteiger charge is 2.16. The van der Waals surface area contributed by atoms with Gasteiger partial charge in [-0.15, -0.1) is 0 Å². The maximum Gasteiger partial charge on any atom is 0.371 e. The van der Waals surface area contributed by atoms with Crippen molar-refractivity contribution in [3.8, 4) is 6.01 Å². The molecule has 0 radical (unpaired) electrons. The van der Waals surface area contributed by atoms with Gasteiger partial charge in [-0.1, -0.05) is 0 Å². The van der Waals surface area contributed by atoms with Gasteiger partial charge in [0, 0.05) is 17.3 Å².